The van der Waals surface area contributed by atoms with E-state index in [9.17, 15) is 9.18 Å². The smallest absolute Gasteiger partial charge is 0.224 e. The van der Waals surface area contributed by atoms with Crippen LogP contribution < -0.4 is 23.0 Å². The molecule has 3 nitrogen and oxygen atoms in total. The Hall–Kier alpha value is -1.91. The number of hydrogen-bond acceptors (Lipinski definition) is 1. The van der Waals surface area contributed by atoms with Crippen molar-refractivity contribution in [1.29, 1.82) is 0 Å². The highest BCUT2D eigenvalue weighted by Crippen LogP contribution is 2.32. The second-order valence-corrected chi connectivity index (χ2v) is 6.40. The molecule has 0 bridgehead atoms. The topological polar surface area (TPSA) is 47.5 Å². The number of hydrogen-bond donors (Lipinski definition) is 2. The first-order chi connectivity index (χ1) is 12.1. The Bertz CT molecular complexity index is 690. The van der Waals surface area contributed by atoms with Gasteiger partial charge >= 0.3 is 0 Å². The molecule has 26 heavy (non-hydrogen) atoms. The van der Waals surface area contributed by atoms with Crippen molar-refractivity contribution in [2.45, 2.75) is 32.6 Å². The Kier molecular flexibility index (Phi) is 9.31. The fraction of sp³-hybridized carbons (Fsp3) is 0.381. The highest BCUT2D eigenvalue weighted by molar-refractivity contribution is 5.85. The van der Waals surface area contributed by atoms with Crippen LogP contribution in [0.25, 0.3) is 11.1 Å². The van der Waals surface area contributed by atoms with Gasteiger partial charge in [-0.3, -0.25) is 4.79 Å². The normalized spacial score (nSPS) is 11.8. The van der Waals surface area contributed by atoms with Crippen molar-refractivity contribution in [3.63, 3.8) is 0 Å². The van der Waals surface area contributed by atoms with Crippen molar-refractivity contribution in [3.05, 3.63) is 59.9 Å². The molecule has 0 aliphatic carbocycles. The molecule has 0 saturated carbocycles. The maximum absolute atomic E-state index is 13.8. The van der Waals surface area contributed by atoms with Crippen LogP contribution in [0.2, 0.25) is 0 Å². The van der Waals surface area contributed by atoms with Gasteiger partial charge in [0.25, 0.3) is 0 Å². The van der Waals surface area contributed by atoms with E-state index in [1.807, 2.05) is 30.3 Å². The van der Waals surface area contributed by atoms with Crippen LogP contribution in [-0.4, -0.2) is 25.5 Å². The van der Waals surface area contributed by atoms with Crippen molar-refractivity contribution in [3.8, 4) is 11.1 Å². The Labute approximate surface area is 161 Å². The van der Waals surface area contributed by atoms with Crippen LogP contribution in [0.1, 0.15) is 38.2 Å². The number of nitrogens with one attached hydrogen (secondary N) is 1. The summed E-state index contributed by atoms with van der Waals surface area (Å²) in [5.41, 5.74) is 8.16. The van der Waals surface area contributed by atoms with Gasteiger partial charge in [-0.05, 0) is 55.5 Å². The Morgan fingerprint density at radius 2 is 1.77 bits per heavy atom. The molecule has 0 heterocycles. The van der Waals surface area contributed by atoms with E-state index in [2.05, 4.69) is 13.8 Å². The molecule has 0 spiro atoms. The summed E-state index contributed by atoms with van der Waals surface area (Å²) in [4.78, 5) is 13.6. The second-order valence-electron chi connectivity index (χ2n) is 6.40. The number of benzene rings is 2. The average molecular weight is 379 g/mol. The maximum atomic E-state index is 13.8. The fourth-order valence-corrected chi connectivity index (χ4v) is 3.31. The third-order valence-corrected chi connectivity index (χ3v) is 4.84. The molecule has 3 N–H and O–H groups in total. The minimum absolute atomic E-state index is 0. The minimum Gasteiger partial charge on any atom is -1.00 e. The largest absolute Gasteiger partial charge is 1.00 e. The lowest BCUT2D eigenvalue weighted by Crippen LogP contribution is -3.11. The Balaban J connectivity index is 0.00000338. The van der Waals surface area contributed by atoms with Crippen molar-refractivity contribution in [2.24, 2.45) is 5.73 Å². The van der Waals surface area contributed by atoms with Gasteiger partial charge in [0, 0.05) is 0 Å². The number of halogens is 2. The molecule has 0 aliphatic rings. The van der Waals surface area contributed by atoms with Gasteiger partial charge in [-0.25, -0.2) is 4.39 Å². The Morgan fingerprint density at radius 1 is 1.12 bits per heavy atom. The van der Waals surface area contributed by atoms with E-state index in [0.717, 1.165) is 42.7 Å². The molecule has 0 saturated heterocycles. The highest BCUT2D eigenvalue weighted by Gasteiger charge is 2.22. The van der Waals surface area contributed by atoms with Crippen molar-refractivity contribution < 1.29 is 26.5 Å². The van der Waals surface area contributed by atoms with Crippen LogP contribution >= 0.6 is 0 Å². The van der Waals surface area contributed by atoms with E-state index < -0.39 is 5.92 Å². The SMILES string of the molecule is CC[NH+](CC)CCCC(C(N)=O)c1ccc(F)cc1-c1ccccc1.[Cl-]. The monoisotopic (exact) mass is 378 g/mol. The van der Waals surface area contributed by atoms with E-state index in [1.54, 1.807) is 6.07 Å². The predicted octanol–water partition coefficient (Wildman–Crippen LogP) is -0.229. The number of quaternary nitrogens is 1. The Morgan fingerprint density at radius 3 is 2.35 bits per heavy atom. The molecule has 2 aromatic rings. The van der Waals surface area contributed by atoms with Gasteiger partial charge in [-0.1, -0.05) is 36.4 Å². The molecule has 0 aliphatic heterocycles. The lowest BCUT2D eigenvalue weighted by molar-refractivity contribution is -0.896. The molecule has 5 heteroatoms. The highest BCUT2D eigenvalue weighted by atomic mass is 35.5. The summed E-state index contributed by atoms with van der Waals surface area (Å²) in [6.07, 6.45) is 1.60. The van der Waals surface area contributed by atoms with Crippen LogP contribution in [0, 0.1) is 5.82 Å². The zero-order chi connectivity index (χ0) is 18.2. The first-order valence-electron chi connectivity index (χ1n) is 9.04. The summed E-state index contributed by atoms with van der Waals surface area (Å²) in [6, 6.07) is 14.2. The lowest BCUT2D eigenvalue weighted by atomic mass is 9.87. The zero-order valence-corrected chi connectivity index (χ0v) is 16.2. The van der Waals surface area contributed by atoms with Crippen LogP contribution in [0.5, 0.6) is 0 Å². The van der Waals surface area contributed by atoms with Gasteiger partial charge in [0.2, 0.25) is 5.91 Å². The summed E-state index contributed by atoms with van der Waals surface area (Å²) in [7, 11) is 0. The molecule has 0 radical (unpaired) electrons. The lowest BCUT2D eigenvalue weighted by Gasteiger charge is -2.20. The van der Waals surface area contributed by atoms with Gasteiger partial charge < -0.3 is 23.0 Å². The zero-order valence-electron chi connectivity index (χ0n) is 15.5. The van der Waals surface area contributed by atoms with Crippen LogP contribution in [0.15, 0.2) is 48.5 Å². The quantitative estimate of drug-likeness (QED) is 0.622. The summed E-state index contributed by atoms with van der Waals surface area (Å²) in [6.45, 7) is 7.49. The summed E-state index contributed by atoms with van der Waals surface area (Å²) < 4.78 is 13.8. The van der Waals surface area contributed by atoms with Gasteiger partial charge in [0.15, 0.2) is 0 Å². The maximum Gasteiger partial charge on any atom is 0.224 e. The standard InChI is InChI=1S/C21H27FN2O.ClH/c1-3-24(4-2)14-8-11-19(21(23)25)18-13-12-17(22)15-20(18)16-9-6-5-7-10-16;/h5-7,9-10,12-13,15,19H,3-4,8,11,14H2,1-2H3,(H2,23,25);1H. The van der Waals surface area contributed by atoms with Gasteiger partial charge in [0.1, 0.15) is 5.82 Å². The predicted molar refractivity (Wildman–Crippen MR) is 99.9 cm³/mol. The van der Waals surface area contributed by atoms with E-state index in [0.29, 0.717) is 6.42 Å². The average Bonchev–Trinajstić information content (AvgIpc) is 2.63. The van der Waals surface area contributed by atoms with Crippen molar-refractivity contribution in [2.75, 3.05) is 19.6 Å². The fourth-order valence-electron chi connectivity index (χ4n) is 3.31. The minimum atomic E-state index is -0.397. The van der Waals surface area contributed by atoms with Crippen LogP contribution in [0.4, 0.5) is 4.39 Å². The van der Waals surface area contributed by atoms with E-state index in [1.165, 1.54) is 17.0 Å². The second kappa shape index (κ2) is 10.9. The van der Waals surface area contributed by atoms with Gasteiger partial charge in [-0.15, -0.1) is 0 Å². The molecule has 0 fully saturated rings. The van der Waals surface area contributed by atoms with E-state index >= 15 is 0 Å². The third-order valence-electron chi connectivity index (χ3n) is 4.84. The van der Waals surface area contributed by atoms with Gasteiger partial charge in [0.05, 0.1) is 25.6 Å². The molecule has 1 unspecified atom stereocenters. The molecular formula is C21H28ClFN2O. The molecule has 1 atom stereocenters. The number of nitrogens with two attached hydrogens (primary N) is 1. The molecule has 1 amide bonds. The number of primary amides is 1. The summed E-state index contributed by atoms with van der Waals surface area (Å²) >= 11 is 0. The molecule has 0 aromatic heterocycles. The van der Waals surface area contributed by atoms with Gasteiger partial charge in [-0.2, -0.15) is 0 Å². The molecule has 142 valence electrons. The molecular weight excluding hydrogens is 351 g/mol. The van der Waals surface area contributed by atoms with Crippen molar-refractivity contribution in [1.82, 2.24) is 0 Å². The summed E-state index contributed by atoms with van der Waals surface area (Å²) in [5.74, 6) is -1.05. The first-order valence-corrected chi connectivity index (χ1v) is 9.04. The van der Waals surface area contributed by atoms with E-state index in [4.69, 9.17) is 5.73 Å². The molecule has 2 aromatic carbocycles. The number of amides is 1. The number of carbonyl (C=O) groups excluding carboxylic acids is 1. The summed E-state index contributed by atoms with van der Waals surface area (Å²) in [5, 5.41) is 0. The molecule has 2 rings (SSSR count). The van der Waals surface area contributed by atoms with Crippen LogP contribution in [0.3, 0.4) is 0 Å². The van der Waals surface area contributed by atoms with E-state index in [-0.39, 0.29) is 24.1 Å². The third kappa shape index (κ3) is 5.82. The van der Waals surface area contributed by atoms with Crippen molar-refractivity contribution >= 4 is 5.91 Å². The number of carbonyl (C=O) groups is 1. The first kappa shape index (κ1) is 22.1. The van der Waals surface area contributed by atoms with Crippen LogP contribution in [-0.2, 0) is 4.79 Å². The number of rotatable bonds is 9.